The first kappa shape index (κ1) is 20.8. The summed E-state index contributed by atoms with van der Waals surface area (Å²) in [6.07, 6.45) is 1.31. The van der Waals surface area contributed by atoms with E-state index in [4.69, 9.17) is 4.74 Å². The Hall–Kier alpha value is -2.92. The summed E-state index contributed by atoms with van der Waals surface area (Å²) < 4.78 is 5.99. The van der Waals surface area contributed by atoms with Gasteiger partial charge in [-0.15, -0.1) is 11.8 Å². The van der Waals surface area contributed by atoms with Gasteiger partial charge in [0.1, 0.15) is 17.2 Å². The number of ether oxygens (including phenoxy) is 1. The van der Waals surface area contributed by atoms with Crippen molar-refractivity contribution < 1.29 is 14.6 Å². The Morgan fingerprint density at radius 1 is 0.966 bits per heavy atom. The highest BCUT2D eigenvalue weighted by Crippen LogP contribution is 2.26. The number of phenolic OH excluding ortho intramolecular Hbond substituents is 1. The van der Waals surface area contributed by atoms with Crippen molar-refractivity contribution in [2.24, 2.45) is 0 Å². The van der Waals surface area contributed by atoms with Crippen LogP contribution in [0.3, 0.4) is 0 Å². The fourth-order valence-electron chi connectivity index (χ4n) is 2.84. The van der Waals surface area contributed by atoms with Gasteiger partial charge in [-0.1, -0.05) is 36.4 Å². The number of hydrogen-bond acceptors (Lipinski definition) is 4. The minimum atomic E-state index is 0.117. The third kappa shape index (κ3) is 6.57. The van der Waals surface area contributed by atoms with E-state index in [0.717, 1.165) is 34.1 Å². The second-order valence-electron chi connectivity index (χ2n) is 6.72. The second kappa shape index (κ2) is 10.6. The van der Waals surface area contributed by atoms with Crippen LogP contribution in [0.4, 0.5) is 0 Å². The average molecular weight is 408 g/mol. The van der Waals surface area contributed by atoms with Crippen molar-refractivity contribution in [3.63, 3.8) is 0 Å². The lowest BCUT2D eigenvalue weighted by Gasteiger charge is -2.19. The van der Waals surface area contributed by atoms with Crippen molar-refractivity contribution in [1.29, 1.82) is 0 Å². The number of carbonyl (C=O) groups excluding carboxylic acids is 1. The SMILES string of the molecule is CN(Cc1ccccc1Oc1ccccc1)C(=O)CCCSc1ccc(O)cc1. The van der Waals surface area contributed by atoms with E-state index in [2.05, 4.69) is 0 Å². The Bertz CT molecular complexity index is 913. The highest BCUT2D eigenvalue weighted by atomic mass is 32.2. The molecule has 0 atom stereocenters. The summed E-state index contributed by atoms with van der Waals surface area (Å²) in [5, 5.41) is 9.32. The van der Waals surface area contributed by atoms with Crippen LogP contribution >= 0.6 is 11.8 Å². The topological polar surface area (TPSA) is 49.8 Å². The van der Waals surface area contributed by atoms with Gasteiger partial charge < -0.3 is 14.7 Å². The summed E-state index contributed by atoms with van der Waals surface area (Å²) in [5.41, 5.74) is 0.977. The molecule has 0 fully saturated rings. The van der Waals surface area contributed by atoms with Crippen LogP contribution in [0.5, 0.6) is 17.2 Å². The van der Waals surface area contributed by atoms with E-state index >= 15 is 0 Å². The monoisotopic (exact) mass is 407 g/mol. The van der Waals surface area contributed by atoms with Crippen molar-refractivity contribution in [3.05, 3.63) is 84.4 Å². The highest BCUT2D eigenvalue weighted by Gasteiger charge is 2.12. The van der Waals surface area contributed by atoms with Crippen molar-refractivity contribution in [3.8, 4) is 17.2 Å². The molecule has 0 aliphatic carbocycles. The average Bonchev–Trinajstić information content (AvgIpc) is 2.74. The van der Waals surface area contributed by atoms with Crippen LogP contribution in [0.25, 0.3) is 0 Å². The Kier molecular flexibility index (Phi) is 7.59. The molecular weight excluding hydrogens is 382 g/mol. The van der Waals surface area contributed by atoms with Crippen molar-refractivity contribution >= 4 is 17.7 Å². The summed E-state index contributed by atoms with van der Waals surface area (Å²) in [4.78, 5) is 15.4. The Morgan fingerprint density at radius 2 is 1.66 bits per heavy atom. The third-order valence-electron chi connectivity index (χ3n) is 4.42. The maximum atomic E-state index is 12.5. The van der Waals surface area contributed by atoms with Gasteiger partial charge in [-0.25, -0.2) is 0 Å². The smallest absolute Gasteiger partial charge is 0.222 e. The molecule has 0 radical (unpaired) electrons. The molecule has 29 heavy (non-hydrogen) atoms. The molecule has 0 saturated carbocycles. The summed E-state index contributed by atoms with van der Waals surface area (Å²) in [7, 11) is 1.83. The van der Waals surface area contributed by atoms with Gasteiger partial charge >= 0.3 is 0 Å². The number of amides is 1. The van der Waals surface area contributed by atoms with Gasteiger partial charge in [-0.05, 0) is 54.6 Å². The van der Waals surface area contributed by atoms with Gasteiger partial charge in [0.05, 0.1) is 0 Å². The lowest BCUT2D eigenvalue weighted by atomic mass is 10.2. The molecule has 0 heterocycles. The van der Waals surface area contributed by atoms with Crippen LogP contribution in [0.15, 0.2) is 83.8 Å². The van der Waals surface area contributed by atoms with E-state index in [1.165, 1.54) is 0 Å². The molecule has 1 amide bonds. The minimum Gasteiger partial charge on any atom is -0.508 e. The van der Waals surface area contributed by atoms with Crippen molar-refractivity contribution in [1.82, 2.24) is 4.90 Å². The van der Waals surface area contributed by atoms with E-state index in [-0.39, 0.29) is 11.7 Å². The summed E-state index contributed by atoms with van der Waals surface area (Å²) in [5.74, 6) is 2.79. The van der Waals surface area contributed by atoms with E-state index in [1.807, 2.05) is 73.8 Å². The van der Waals surface area contributed by atoms with Crippen LogP contribution in [0, 0.1) is 0 Å². The Balaban J connectivity index is 1.48. The fourth-order valence-corrected chi connectivity index (χ4v) is 3.69. The predicted octanol–water partition coefficient (Wildman–Crippen LogP) is 5.72. The van der Waals surface area contributed by atoms with Crippen molar-refractivity contribution in [2.45, 2.75) is 24.3 Å². The van der Waals surface area contributed by atoms with Gasteiger partial charge in [-0.2, -0.15) is 0 Å². The lowest BCUT2D eigenvalue weighted by molar-refractivity contribution is -0.130. The minimum absolute atomic E-state index is 0.117. The van der Waals surface area contributed by atoms with Crippen LogP contribution < -0.4 is 4.74 Å². The number of para-hydroxylation sites is 2. The molecule has 3 rings (SSSR count). The first-order valence-electron chi connectivity index (χ1n) is 9.58. The number of nitrogens with zero attached hydrogens (tertiary/aromatic N) is 1. The van der Waals surface area contributed by atoms with Crippen LogP contribution in [0.1, 0.15) is 18.4 Å². The zero-order chi connectivity index (χ0) is 20.5. The molecule has 3 aromatic rings. The molecule has 1 N–H and O–H groups in total. The Labute approximate surface area is 176 Å². The maximum Gasteiger partial charge on any atom is 0.222 e. The number of thioether (sulfide) groups is 1. The quantitative estimate of drug-likeness (QED) is 0.364. The molecule has 0 unspecified atom stereocenters. The van der Waals surface area contributed by atoms with E-state index in [0.29, 0.717) is 13.0 Å². The fraction of sp³-hybridized carbons (Fsp3) is 0.208. The zero-order valence-electron chi connectivity index (χ0n) is 16.5. The normalized spacial score (nSPS) is 10.5. The standard InChI is InChI=1S/C24H25NO3S/c1-25(24(27)12-7-17-29-22-15-13-20(26)14-16-22)18-19-8-5-6-11-23(19)28-21-9-3-2-4-10-21/h2-6,8-11,13-16,26H,7,12,17-18H2,1H3. The molecule has 150 valence electrons. The second-order valence-corrected chi connectivity index (χ2v) is 7.89. The molecule has 3 aromatic carbocycles. The summed E-state index contributed by atoms with van der Waals surface area (Å²) in [6.45, 7) is 0.507. The van der Waals surface area contributed by atoms with Gasteiger partial charge in [0.2, 0.25) is 5.91 Å². The number of benzene rings is 3. The third-order valence-corrected chi connectivity index (χ3v) is 5.52. The number of phenols is 1. The molecule has 0 aliphatic rings. The number of hydrogen-bond donors (Lipinski definition) is 1. The zero-order valence-corrected chi connectivity index (χ0v) is 17.3. The summed E-state index contributed by atoms with van der Waals surface area (Å²) in [6, 6.07) is 24.6. The first-order valence-corrected chi connectivity index (χ1v) is 10.6. The van der Waals surface area contributed by atoms with Crippen molar-refractivity contribution in [2.75, 3.05) is 12.8 Å². The molecule has 0 saturated heterocycles. The molecular formula is C24H25NO3S. The van der Waals surface area contributed by atoms with Crippen LogP contribution in [0.2, 0.25) is 0 Å². The number of rotatable bonds is 9. The molecule has 5 heteroatoms. The first-order chi connectivity index (χ1) is 14.1. The Morgan fingerprint density at radius 3 is 2.41 bits per heavy atom. The number of carbonyl (C=O) groups is 1. The summed E-state index contributed by atoms with van der Waals surface area (Å²) >= 11 is 1.69. The van der Waals surface area contributed by atoms with Crippen LogP contribution in [-0.2, 0) is 11.3 Å². The van der Waals surface area contributed by atoms with Gasteiger partial charge in [0.15, 0.2) is 0 Å². The van der Waals surface area contributed by atoms with E-state index < -0.39 is 0 Å². The molecule has 0 aromatic heterocycles. The number of aromatic hydroxyl groups is 1. The molecule has 0 aliphatic heterocycles. The predicted molar refractivity (Wildman–Crippen MR) is 117 cm³/mol. The van der Waals surface area contributed by atoms with Gasteiger partial charge in [0, 0.05) is 30.5 Å². The van der Waals surface area contributed by atoms with E-state index in [9.17, 15) is 9.90 Å². The molecule has 4 nitrogen and oxygen atoms in total. The lowest BCUT2D eigenvalue weighted by Crippen LogP contribution is -2.26. The largest absolute Gasteiger partial charge is 0.508 e. The van der Waals surface area contributed by atoms with Gasteiger partial charge in [0.25, 0.3) is 0 Å². The molecule has 0 spiro atoms. The highest BCUT2D eigenvalue weighted by molar-refractivity contribution is 7.99. The van der Waals surface area contributed by atoms with E-state index in [1.54, 1.807) is 28.8 Å². The maximum absolute atomic E-state index is 12.5. The van der Waals surface area contributed by atoms with Gasteiger partial charge in [-0.3, -0.25) is 4.79 Å². The van der Waals surface area contributed by atoms with Crippen LogP contribution in [-0.4, -0.2) is 28.7 Å². The molecule has 0 bridgehead atoms.